The number of rotatable bonds is 5. The van der Waals surface area contributed by atoms with Crippen LogP contribution >= 0.6 is 11.3 Å². The van der Waals surface area contributed by atoms with E-state index in [2.05, 4.69) is 15.0 Å². The van der Waals surface area contributed by atoms with E-state index < -0.39 is 10.0 Å². The number of thiazole rings is 1. The minimum absolute atomic E-state index is 0.0793. The van der Waals surface area contributed by atoms with Crippen molar-refractivity contribution >= 4 is 32.7 Å². The first-order chi connectivity index (χ1) is 9.42. The molecule has 0 amide bonds. The molecule has 0 spiro atoms. The average Bonchev–Trinajstić information content (AvgIpc) is 2.82. The minimum atomic E-state index is -3.52. The number of nitrogens with one attached hydrogen (secondary N) is 2. The molecule has 0 aliphatic rings. The summed E-state index contributed by atoms with van der Waals surface area (Å²) >= 11 is 1.57. The summed E-state index contributed by atoms with van der Waals surface area (Å²) in [7, 11) is -2.17. The molecule has 0 aliphatic heterocycles. The quantitative estimate of drug-likeness (QED) is 0.728. The number of anilines is 2. The number of aryl methyl sites for hydroxylation is 1. The summed E-state index contributed by atoms with van der Waals surface area (Å²) in [6, 6.07) is 4.77. The Morgan fingerprint density at radius 3 is 2.70 bits per heavy atom. The maximum atomic E-state index is 11.7. The molecule has 1 heterocycles. The lowest BCUT2D eigenvalue weighted by Crippen LogP contribution is -2.20. The highest BCUT2D eigenvalue weighted by Gasteiger charge is 2.15. The fourth-order valence-corrected chi connectivity index (χ4v) is 3.22. The molecule has 4 N–H and O–H groups in total. The number of hydrogen-bond donors (Lipinski definition) is 3. The number of benzene rings is 1. The molecule has 2 aromatic rings. The van der Waals surface area contributed by atoms with Crippen LogP contribution in [0.25, 0.3) is 0 Å². The van der Waals surface area contributed by atoms with Crippen LogP contribution in [0.4, 0.5) is 11.4 Å². The van der Waals surface area contributed by atoms with E-state index >= 15 is 0 Å². The van der Waals surface area contributed by atoms with E-state index in [1.165, 1.54) is 13.1 Å². The SMILES string of the molecule is CNS(=O)(=O)c1ccc(NCc2nc(C)cs2)cc1N. The predicted molar refractivity (Wildman–Crippen MR) is 81.3 cm³/mol. The monoisotopic (exact) mass is 312 g/mol. The number of hydrogen-bond acceptors (Lipinski definition) is 6. The summed E-state index contributed by atoms with van der Waals surface area (Å²) < 4.78 is 25.6. The maximum Gasteiger partial charge on any atom is 0.242 e. The van der Waals surface area contributed by atoms with Crippen LogP contribution in [0.1, 0.15) is 10.7 Å². The van der Waals surface area contributed by atoms with Crippen molar-refractivity contribution in [1.29, 1.82) is 0 Å². The molecule has 0 unspecified atom stereocenters. The number of aromatic nitrogens is 1. The van der Waals surface area contributed by atoms with Gasteiger partial charge in [0.2, 0.25) is 10.0 Å². The Balaban J connectivity index is 2.13. The van der Waals surface area contributed by atoms with Gasteiger partial charge in [0.15, 0.2) is 0 Å². The van der Waals surface area contributed by atoms with Gasteiger partial charge < -0.3 is 11.1 Å². The van der Waals surface area contributed by atoms with Crippen LogP contribution < -0.4 is 15.8 Å². The van der Waals surface area contributed by atoms with Gasteiger partial charge in [0, 0.05) is 16.8 Å². The molecule has 0 saturated carbocycles. The second-order valence-corrected chi connectivity index (χ2v) is 6.99. The van der Waals surface area contributed by atoms with Gasteiger partial charge in [0.05, 0.1) is 12.2 Å². The lowest BCUT2D eigenvalue weighted by molar-refractivity contribution is 0.588. The van der Waals surface area contributed by atoms with Crippen molar-refractivity contribution in [2.75, 3.05) is 18.1 Å². The molecule has 0 saturated heterocycles. The van der Waals surface area contributed by atoms with Crippen molar-refractivity contribution in [3.8, 4) is 0 Å². The van der Waals surface area contributed by atoms with Gasteiger partial charge in [-0.25, -0.2) is 18.1 Å². The van der Waals surface area contributed by atoms with E-state index in [1.54, 1.807) is 23.5 Å². The third kappa shape index (κ3) is 3.27. The number of nitrogens with zero attached hydrogens (tertiary/aromatic N) is 1. The smallest absolute Gasteiger partial charge is 0.242 e. The Kier molecular flexibility index (Phi) is 4.26. The van der Waals surface area contributed by atoms with Crippen LogP contribution in [0, 0.1) is 6.92 Å². The third-order valence-electron chi connectivity index (χ3n) is 2.68. The van der Waals surface area contributed by atoms with E-state index in [0.717, 1.165) is 16.4 Å². The zero-order valence-corrected chi connectivity index (χ0v) is 12.8. The molecule has 0 aliphatic carbocycles. The Morgan fingerprint density at radius 1 is 1.40 bits per heavy atom. The number of nitrogens with two attached hydrogens (primary N) is 1. The zero-order valence-electron chi connectivity index (χ0n) is 11.2. The summed E-state index contributed by atoms with van der Waals surface area (Å²) in [5, 5.41) is 6.11. The Hall–Kier alpha value is -1.64. The molecule has 8 heteroatoms. The van der Waals surface area contributed by atoms with Gasteiger partial charge >= 0.3 is 0 Å². The second kappa shape index (κ2) is 5.78. The molecule has 0 bridgehead atoms. The largest absolute Gasteiger partial charge is 0.398 e. The molecule has 0 atom stereocenters. The van der Waals surface area contributed by atoms with Crippen LogP contribution in [0.3, 0.4) is 0 Å². The van der Waals surface area contributed by atoms with Crippen LogP contribution in [0.15, 0.2) is 28.5 Å². The van der Waals surface area contributed by atoms with Crippen molar-refractivity contribution in [3.05, 3.63) is 34.3 Å². The first-order valence-corrected chi connectivity index (χ1v) is 8.26. The van der Waals surface area contributed by atoms with Crippen LogP contribution in [-0.2, 0) is 16.6 Å². The lowest BCUT2D eigenvalue weighted by atomic mass is 10.3. The fraction of sp³-hybridized carbons (Fsp3) is 0.250. The van der Waals surface area contributed by atoms with E-state index in [-0.39, 0.29) is 10.6 Å². The topological polar surface area (TPSA) is 97.1 Å². The van der Waals surface area contributed by atoms with Crippen molar-refractivity contribution in [3.63, 3.8) is 0 Å². The first-order valence-electron chi connectivity index (χ1n) is 5.90. The van der Waals surface area contributed by atoms with E-state index in [0.29, 0.717) is 6.54 Å². The molecular formula is C12H16N4O2S2. The standard InChI is InChI=1S/C12H16N4O2S2/c1-8-7-19-12(16-8)6-15-9-3-4-11(10(13)5-9)20(17,18)14-2/h3-5,7,14-15H,6,13H2,1-2H3. The van der Waals surface area contributed by atoms with Crippen LogP contribution in [0.2, 0.25) is 0 Å². The molecule has 1 aromatic heterocycles. The van der Waals surface area contributed by atoms with Crippen LogP contribution in [0.5, 0.6) is 0 Å². The minimum Gasteiger partial charge on any atom is -0.398 e. The zero-order chi connectivity index (χ0) is 14.8. The normalized spacial score (nSPS) is 11.5. The van der Waals surface area contributed by atoms with Crippen molar-refractivity contribution in [2.45, 2.75) is 18.4 Å². The maximum absolute atomic E-state index is 11.7. The van der Waals surface area contributed by atoms with Gasteiger partial charge in [-0.05, 0) is 32.2 Å². The van der Waals surface area contributed by atoms with E-state index in [4.69, 9.17) is 5.73 Å². The second-order valence-electron chi connectivity index (χ2n) is 4.20. The molecule has 0 fully saturated rings. The summed E-state index contributed by atoms with van der Waals surface area (Å²) in [5.41, 5.74) is 7.73. The Bertz CT molecular complexity index is 710. The van der Waals surface area contributed by atoms with Crippen molar-refractivity contribution in [2.24, 2.45) is 0 Å². The first kappa shape index (κ1) is 14.8. The summed E-state index contributed by atoms with van der Waals surface area (Å²) in [6.07, 6.45) is 0. The van der Waals surface area contributed by atoms with Gasteiger partial charge in [-0.3, -0.25) is 0 Å². The average molecular weight is 312 g/mol. The Morgan fingerprint density at radius 2 is 2.15 bits per heavy atom. The molecular weight excluding hydrogens is 296 g/mol. The highest BCUT2D eigenvalue weighted by molar-refractivity contribution is 7.89. The number of nitrogen functional groups attached to an aromatic ring is 1. The van der Waals surface area contributed by atoms with Gasteiger partial charge in [0.25, 0.3) is 0 Å². The van der Waals surface area contributed by atoms with Gasteiger partial charge in [-0.1, -0.05) is 0 Å². The summed E-state index contributed by atoms with van der Waals surface area (Å²) in [5.74, 6) is 0. The fourth-order valence-electron chi connectivity index (χ4n) is 1.67. The molecule has 1 aromatic carbocycles. The predicted octanol–water partition coefficient (Wildman–Crippen LogP) is 1.55. The molecule has 0 radical (unpaired) electrons. The summed E-state index contributed by atoms with van der Waals surface area (Å²) in [6.45, 7) is 2.52. The number of sulfonamides is 1. The highest BCUT2D eigenvalue weighted by atomic mass is 32.2. The summed E-state index contributed by atoms with van der Waals surface area (Å²) in [4.78, 5) is 4.42. The van der Waals surface area contributed by atoms with Crippen molar-refractivity contribution < 1.29 is 8.42 Å². The molecule has 2 rings (SSSR count). The van der Waals surface area contributed by atoms with Gasteiger partial charge in [0.1, 0.15) is 9.90 Å². The molecule has 20 heavy (non-hydrogen) atoms. The van der Waals surface area contributed by atoms with E-state index in [1.807, 2.05) is 12.3 Å². The lowest BCUT2D eigenvalue weighted by Gasteiger charge is -2.09. The van der Waals surface area contributed by atoms with Gasteiger partial charge in [-0.15, -0.1) is 11.3 Å². The van der Waals surface area contributed by atoms with Crippen LogP contribution in [-0.4, -0.2) is 20.4 Å². The third-order valence-corrected chi connectivity index (χ3v) is 5.13. The van der Waals surface area contributed by atoms with E-state index in [9.17, 15) is 8.42 Å². The van der Waals surface area contributed by atoms with Gasteiger partial charge in [-0.2, -0.15) is 0 Å². The highest BCUT2D eigenvalue weighted by Crippen LogP contribution is 2.22. The van der Waals surface area contributed by atoms with Crippen molar-refractivity contribution in [1.82, 2.24) is 9.71 Å². The molecule has 108 valence electrons. The Labute approximate surface area is 122 Å². The molecule has 6 nitrogen and oxygen atoms in total.